The van der Waals surface area contributed by atoms with Gasteiger partial charge < -0.3 is 10.1 Å². The molecule has 0 radical (unpaired) electrons. The van der Waals surface area contributed by atoms with Crippen molar-refractivity contribution in [2.45, 2.75) is 46.2 Å². The van der Waals surface area contributed by atoms with Gasteiger partial charge in [0.1, 0.15) is 0 Å². The Labute approximate surface area is 111 Å². The average molecular weight is 253 g/mol. The molecule has 0 aliphatic heterocycles. The van der Waals surface area contributed by atoms with E-state index in [2.05, 4.69) is 41.9 Å². The first kappa shape index (κ1) is 15.2. The van der Waals surface area contributed by atoms with Crippen molar-refractivity contribution in [3.05, 3.63) is 18.0 Å². The van der Waals surface area contributed by atoms with Crippen LogP contribution in [-0.2, 0) is 11.3 Å². The summed E-state index contributed by atoms with van der Waals surface area (Å²) in [5.41, 5.74) is 1.29. The number of rotatable bonds is 9. The molecule has 0 saturated heterocycles. The van der Waals surface area contributed by atoms with E-state index in [0.29, 0.717) is 12.0 Å². The molecule has 4 nitrogen and oxygen atoms in total. The van der Waals surface area contributed by atoms with E-state index < -0.39 is 0 Å². The van der Waals surface area contributed by atoms with Crippen LogP contribution in [0.4, 0.5) is 0 Å². The molecule has 0 saturated carbocycles. The molecular weight excluding hydrogens is 226 g/mol. The standard InChI is InChI=1S/C14H27N3O/c1-5-9-17-14(7-8-16-17)13(15-6-2)10-12(3)11-18-4/h7-8,12-13,15H,5-6,9-11H2,1-4H3. The van der Waals surface area contributed by atoms with Gasteiger partial charge in [0.05, 0.1) is 5.69 Å². The van der Waals surface area contributed by atoms with Crippen molar-refractivity contribution in [2.75, 3.05) is 20.3 Å². The van der Waals surface area contributed by atoms with Crippen LogP contribution < -0.4 is 5.32 Å². The highest BCUT2D eigenvalue weighted by atomic mass is 16.5. The topological polar surface area (TPSA) is 39.1 Å². The Morgan fingerprint density at radius 1 is 1.44 bits per heavy atom. The predicted molar refractivity (Wildman–Crippen MR) is 74.6 cm³/mol. The molecule has 1 N–H and O–H groups in total. The lowest BCUT2D eigenvalue weighted by molar-refractivity contribution is 0.148. The zero-order chi connectivity index (χ0) is 13.4. The molecule has 2 atom stereocenters. The molecule has 0 amide bonds. The summed E-state index contributed by atoms with van der Waals surface area (Å²) in [7, 11) is 1.76. The first-order valence-corrected chi connectivity index (χ1v) is 6.96. The number of hydrogen-bond acceptors (Lipinski definition) is 3. The quantitative estimate of drug-likeness (QED) is 0.735. The van der Waals surface area contributed by atoms with Crippen molar-refractivity contribution < 1.29 is 4.74 Å². The third-order valence-corrected chi connectivity index (χ3v) is 3.08. The molecule has 0 spiro atoms. The van der Waals surface area contributed by atoms with Gasteiger partial charge in [-0.05, 0) is 31.4 Å². The first-order valence-electron chi connectivity index (χ1n) is 6.96. The van der Waals surface area contributed by atoms with E-state index in [9.17, 15) is 0 Å². The maximum absolute atomic E-state index is 5.23. The number of hydrogen-bond donors (Lipinski definition) is 1. The second kappa shape index (κ2) is 8.27. The highest BCUT2D eigenvalue weighted by Gasteiger charge is 2.18. The number of nitrogens with zero attached hydrogens (tertiary/aromatic N) is 2. The summed E-state index contributed by atoms with van der Waals surface area (Å²) in [6.45, 7) is 9.33. The fourth-order valence-corrected chi connectivity index (χ4v) is 2.35. The zero-order valence-electron chi connectivity index (χ0n) is 12.1. The normalized spacial score (nSPS) is 14.7. The molecule has 0 bridgehead atoms. The molecule has 4 heteroatoms. The van der Waals surface area contributed by atoms with Crippen LogP contribution in [-0.4, -0.2) is 30.0 Å². The largest absolute Gasteiger partial charge is 0.384 e. The lowest BCUT2D eigenvalue weighted by atomic mass is 10.00. The summed E-state index contributed by atoms with van der Waals surface area (Å²) >= 11 is 0. The van der Waals surface area contributed by atoms with Gasteiger partial charge in [0.25, 0.3) is 0 Å². The molecule has 1 heterocycles. The van der Waals surface area contributed by atoms with Gasteiger partial charge in [0.2, 0.25) is 0 Å². The smallest absolute Gasteiger partial charge is 0.0553 e. The lowest BCUT2D eigenvalue weighted by Gasteiger charge is -2.22. The number of methoxy groups -OCH3 is 1. The Bertz CT molecular complexity index is 325. The molecule has 2 unspecified atom stereocenters. The Balaban J connectivity index is 2.73. The SMILES string of the molecule is CCCn1nccc1C(CC(C)COC)NCC. The minimum Gasteiger partial charge on any atom is -0.384 e. The van der Waals surface area contributed by atoms with E-state index in [1.165, 1.54) is 5.69 Å². The highest BCUT2D eigenvalue weighted by molar-refractivity contribution is 5.07. The first-order chi connectivity index (χ1) is 8.72. The summed E-state index contributed by atoms with van der Waals surface area (Å²) in [4.78, 5) is 0. The third kappa shape index (κ3) is 4.42. The molecular formula is C14H27N3O. The van der Waals surface area contributed by atoms with Gasteiger partial charge in [0, 0.05) is 32.5 Å². The van der Waals surface area contributed by atoms with Gasteiger partial charge in [-0.2, -0.15) is 5.10 Å². The van der Waals surface area contributed by atoms with Gasteiger partial charge in [-0.25, -0.2) is 0 Å². The van der Waals surface area contributed by atoms with Crippen molar-refractivity contribution in [1.82, 2.24) is 15.1 Å². The van der Waals surface area contributed by atoms with E-state index >= 15 is 0 Å². The molecule has 104 valence electrons. The fourth-order valence-electron chi connectivity index (χ4n) is 2.35. The summed E-state index contributed by atoms with van der Waals surface area (Å²) in [5, 5.41) is 7.96. The molecule has 1 rings (SSSR count). The van der Waals surface area contributed by atoms with Crippen molar-refractivity contribution in [3.63, 3.8) is 0 Å². The van der Waals surface area contributed by atoms with Crippen LogP contribution in [0.1, 0.15) is 45.3 Å². The van der Waals surface area contributed by atoms with Crippen LogP contribution in [0.25, 0.3) is 0 Å². The summed E-state index contributed by atoms with van der Waals surface area (Å²) in [6.07, 6.45) is 4.09. The van der Waals surface area contributed by atoms with Gasteiger partial charge in [-0.3, -0.25) is 4.68 Å². The second-order valence-corrected chi connectivity index (χ2v) is 4.89. The maximum atomic E-state index is 5.23. The van der Waals surface area contributed by atoms with Crippen LogP contribution in [0.5, 0.6) is 0 Å². The molecule has 0 fully saturated rings. The molecule has 1 aromatic heterocycles. The Hall–Kier alpha value is -0.870. The fraction of sp³-hybridized carbons (Fsp3) is 0.786. The van der Waals surface area contributed by atoms with Crippen LogP contribution in [0.15, 0.2) is 12.3 Å². The van der Waals surface area contributed by atoms with Gasteiger partial charge in [0.15, 0.2) is 0 Å². The van der Waals surface area contributed by atoms with E-state index in [1.807, 2.05) is 6.20 Å². The van der Waals surface area contributed by atoms with E-state index in [0.717, 1.165) is 32.5 Å². The summed E-state index contributed by atoms with van der Waals surface area (Å²) in [5.74, 6) is 0.545. The van der Waals surface area contributed by atoms with Crippen molar-refractivity contribution in [3.8, 4) is 0 Å². The number of ether oxygens (including phenoxy) is 1. The summed E-state index contributed by atoms with van der Waals surface area (Å²) < 4.78 is 7.35. The zero-order valence-corrected chi connectivity index (χ0v) is 12.1. The number of aryl methyl sites for hydroxylation is 1. The minimum atomic E-state index is 0.370. The minimum absolute atomic E-state index is 0.370. The molecule has 0 aliphatic carbocycles. The molecule has 0 aliphatic rings. The highest BCUT2D eigenvalue weighted by Crippen LogP contribution is 2.21. The third-order valence-electron chi connectivity index (χ3n) is 3.08. The van der Waals surface area contributed by atoms with Crippen LogP contribution in [0.3, 0.4) is 0 Å². The van der Waals surface area contributed by atoms with Crippen molar-refractivity contribution in [2.24, 2.45) is 5.92 Å². The number of aromatic nitrogens is 2. The van der Waals surface area contributed by atoms with Crippen LogP contribution in [0.2, 0.25) is 0 Å². The monoisotopic (exact) mass is 253 g/mol. The van der Waals surface area contributed by atoms with Crippen LogP contribution in [0, 0.1) is 5.92 Å². The van der Waals surface area contributed by atoms with Gasteiger partial charge >= 0.3 is 0 Å². The lowest BCUT2D eigenvalue weighted by Crippen LogP contribution is -2.26. The molecule has 18 heavy (non-hydrogen) atoms. The van der Waals surface area contributed by atoms with Crippen LogP contribution >= 0.6 is 0 Å². The Kier molecular flexibility index (Phi) is 6.98. The van der Waals surface area contributed by atoms with E-state index in [4.69, 9.17) is 4.74 Å². The van der Waals surface area contributed by atoms with E-state index in [1.54, 1.807) is 7.11 Å². The predicted octanol–water partition coefficient (Wildman–Crippen LogP) is 2.62. The Morgan fingerprint density at radius 2 is 2.22 bits per heavy atom. The van der Waals surface area contributed by atoms with Crippen molar-refractivity contribution >= 4 is 0 Å². The molecule has 1 aromatic rings. The maximum Gasteiger partial charge on any atom is 0.0553 e. The number of nitrogens with one attached hydrogen (secondary N) is 1. The summed E-state index contributed by atoms with van der Waals surface area (Å²) in [6, 6.07) is 2.50. The second-order valence-electron chi connectivity index (χ2n) is 4.89. The Morgan fingerprint density at radius 3 is 2.83 bits per heavy atom. The van der Waals surface area contributed by atoms with Crippen molar-refractivity contribution in [1.29, 1.82) is 0 Å². The van der Waals surface area contributed by atoms with Gasteiger partial charge in [-0.1, -0.05) is 20.8 Å². The average Bonchev–Trinajstić information content (AvgIpc) is 2.77. The van der Waals surface area contributed by atoms with Gasteiger partial charge in [-0.15, -0.1) is 0 Å². The molecule has 0 aromatic carbocycles. The van der Waals surface area contributed by atoms with E-state index in [-0.39, 0.29) is 0 Å².